The van der Waals surface area contributed by atoms with Crippen LogP contribution in [0, 0.1) is 0 Å². The Kier molecular flexibility index (Phi) is 26.7. The number of aliphatic hydroxyl groups excluding tert-OH is 20. The van der Waals surface area contributed by atoms with E-state index in [0.717, 1.165) is 13.8 Å². The molecule has 7 saturated heterocycles. The lowest BCUT2D eigenvalue weighted by atomic mass is 9.93. The summed E-state index contributed by atoms with van der Waals surface area (Å²) >= 11 is 0. The highest BCUT2D eigenvalue weighted by Gasteiger charge is 2.58. The first-order valence-electron chi connectivity index (χ1n) is 29.4. The maximum Gasteiger partial charge on any atom is 0.265 e. The fourth-order valence-electron chi connectivity index (χ4n) is 11.5. The van der Waals surface area contributed by atoms with E-state index in [1.54, 1.807) is 0 Å². The van der Waals surface area contributed by atoms with Gasteiger partial charge in [0.25, 0.3) is 5.91 Å². The summed E-state index contributed by atoms with van der Waals surface area (Å²) in [5.74, 6) is -2.32. The van der Waals surface area contributed by atoms with Crippen molar-refractivity contribution in [1.82, 2.24) is 26.5 Å². The van der Waals surface area contributed by atoms with Gasteiger partial charge in [-0.25, -0.2) is 5.43 Å². The van der Waals surface area contributed by atoms with Gasteiger partial charge in [0.15, 0.2) is 37.7 Å². The fraction of sp³-hybridized carbons (Fsp3) is 0.846. The molecule has 532 valence electrons. The fourth-order valence-corrected chi connectivity index (χ4v) is 11.5. The number of hydrogen-bond donors (Lipinski definition) is 24. The van der Waals surface area contributed by atoms with E-state index in [2.05, 4.69) is 26.5 Å². The number of nitrogens with one attached hydrogen (secondary N) is 4. The van der Waals surface area contributed by atoms with Crippen LogP contribution in [0.3, 0.4) is 0 Å². The number of hydrogen-bond acceptors (Lipinski definition) is 38. The Balaban J connectivity index is 1.05. The maximum absolute atomic E-state index is 12.9. The van der Waals surface area contributed by atoms with Crippen molar-refractivity contribution in [1.29, 1.82) is 0 Å². The van der Waals surface area contributed by atoms with Gasteiger partial charge in [-0.3, -0.25) is 24.8 Å². The second-order valence-corrected chi connectivity index (χ2v) is 23.0. The van der Waals surface area contributed by atoms with Gasteiger partial charge in [-0.05, 0) is 12.1 Å². The number of carbonyl (C=O) groups is 3. The van der Waals surface area contributed by atoms with Crippen LogP contribution < -0.4 is 21.5 Å². The van der Waals surface area contributed by atoms with Crippen LogP contribution in [0.2, 0.25) is 0 Å². The van der Waals surface area contributed by atoms with Gasteiger partial charge in [0.05, 0.1) is 52.3 Å². The van der Waals surface area contributed by atoms with Crippen molar-refractivity contribution in [3.8, 4) is 0 Å². The molecule has 1 aromatic rings. The predicted octanol–water partition coefficient (Wildman–Crippen LogP) is -15.7. The van der Waals surface area contributed by atoms with Gasteiger partial charge < -0.3 is 174 Å². The molecule has 0 radical (unpaired) electrons. The van der Waals surface area contributed by atoms with Gasteiger partial charge in [-0.2, -0.15) is 0 Å². The summed E-state index contributed by atoms with van der Waals surface area (Å²) in [6.07, 6.45) is -62.6. The predicted molar refractivity (Wildman–Crippen MR) is 288 cm³/mol. The lowest BCUT2D eigenvalue weighted by molar-refractivity contribution is -0.387. The zero-order valence-electron chi connectivity index (χ0n) is 49.4. The number of carbonyl (C=O) groups excluding carboxylic acids is 3. The summed E-state index contributed by atoms with van der Waals surface area (Å²) in [6.45, 7) is -4.84. The van der Waals surface area contributed by atoms with Crippen molar-refractivity contribution in [2.45, 2.75) is 229 Å². The Hall–Kier alpha value is -3.80. The van der Waals surface area contributed by atoms with E-state index in [4.69, 9.17) is 61.6 Å². The van der Waals surface area contributed by atoms with Crippen LogP contribution in [0.4, 0.5) is 0 Å². The zero-order valence-corrected chi connectivity index (χ0v) is 49.4. The van der Waals surface area contributed by atoms with Crippen LogP contribution in [-0.2, 0) is 71.2 Å². The average molecular weight is 1350 g/mol. The number of aromatic nitrogens is 1. The smallest absolute Gasteiger partial charge is 0.265 e. The van der Waals surface area contributed by atoms with E-state index in [9.17, 15) is 117 Å². The Morgan fingerprint density at radius 1 is 0.387 bits per heavy atom. The molecule has 0 unspecified atom stereocenters. The van der Waals surface area contributed by atoms with Gasteiger partial charge in [0.1, 0.15) is 171 Å². The van der Waals surface area contributed by atoms with Gasteiger partial charge >= 0.3 is 0 Å². The molecule has 7 aliphatic rings. The molecule has 24 N–H and O–H groups in total. The van der Waals surface area contributed by atoms with Crippen LogP contribution in [0.1, 0.15) is 24.2 Å². The minimum absolute atomic E-state index is 0.132. The van der Waals surface area contributed by atoms with Crippen LogP contribution in [0.15, 0.2) is 24.5 Å². The molecule has 8 rings (SSSR count). The third kappa shape index (κ3) is 16.9. The van der Waals surface area contributed by atoms with Crippen molar-refractivity contribution in [2.24, 2.45) is 0 Å². The molecule has 3 amide bonds. The Morgan fingerprint density at radius 3 is 1.19 bits per heavy atom. The molecule has 41 nitrogen and oxygen atoms in total. The van der Waals surface area contributed by atoms with Crippen LogP contribution in [-0.4, -0.2) is 386 Å². The summed E-state index contributed by atoms with van der Waals surface area (Å²) in [5, 5.41) is 223. The molecular formula is C52H83N5O36. The molecule has 1 aromatic heterocycles. The standard InChI is InChI=1S/C52H83N5O36/c1-14(63)54-24-31(70)41(20(10-61)83-46(24)57-56-45(80)16-3-5-53-6-4-16)90-47-25(55-15(2)64)32(71)42(21(11-62)87-47)91-52-40(79)44(93-51-38(77)35(74)28(67)19(9-60)86-51)30(69)23(89-52)13-82-49-39(78)43(92-50-37(76)34(73)27(66)18(8-59)85-50)29(68)22(88-49)12-81-48-36(75)33(72)26(65)17(7-58)84-48/h3-6,17-44,46-52,57-62,65-79H,7-13H2,1-2H3,(H,54,63)(H,55,64)(H,56,80)/t17-,18-,19-,20-,21-,22-,23-,24-,25-,26-,27-,28-,29-,30-,31-,32-,33+,34+,35+,36+,37+,38+,39+,40+,41-,42-,43+,44+,46-,47+,48+,49+,50-,51-,52+/m1/s1. The van der Waals surface area contributed by atoms with E-state index in [1.165, 1.54) is 24.5 Å². The lowest BCUT2D eigenvalue weighted by Crippen LogP contribution is -2.72. The molecule has 0 aliphatic carbocycles. The van der Waals surface area contributed by atoms with E-state index >= 15 is 0 Å². The Bertz CT molecular complexity index is 2510. The largest absolute Gasteiger partial charge is 0.394 e. The molecule has 41 heteroatoms. The van der Waals surface area contributed by atoms with Crippen molar-refractivity contribution in [3.05, 3.63) is 30.1 Å². The topological polar surface area (TPSA) is 637 Å². The molecule has 35 atom stereocenters. The molecule has 0 bridgehead atoms. The van der Waals surface area contributed by atoms with Crippen molar-refractivity contribution in [3.63, 3.8) is 0 Å². The van der Waals surface area contributed by atoms with E-state index < -0.39 is 279 Å². The summed E-state index contributed by atoms with van der Waals surface area (Å²) in [4.78, 5) is 42.1. The molecule has 0 spiro atoms. The monoisotopic (exact) mass is 1350 g/mol. The molecular weight excluding hydrogens is 1270 g/mol. The number of nitrogens with zero attached hydrogens (tertiary/aromatic N) is 1. The maximum atomic E-state index is 12.9. The number of ether oxygens (including phenoxy) is 13. The van der Waals surface area contributed by atoms with E-state index in [-0.39, 0.29) is 5.56 Å². The number of pyridine rings is 1. The second-order valence-electron chi connectivity index (χ2n) is 23.0. The Labute approximate surface area is 526 Å². The van der Waals surface area contributed by atoms with Crippen molar-refractivity contribution >= 4 is 17.7 Å². The highest BCUT2D eigenvalue weighted by Crippen LogP contribution is 2.37. The van der Waals surface area contributed by atoms with Crippen molar-refractivity contribution < 1.29 is 178 Å². The first-order valence-corrected chi connectivity index (χ1v) is 29.4. The van der Waals surface area contributed by atoms with Gasteiger partial charge in [-0.15, -0.1) is 0 Å². The molecule has 0 aromatic carbocycles. The zero-order chi connectivity index (χ0) is 68.0. The number of hydrazine groups is 1. The third-order valence-electron chi connectivity index (χ3n) is 16.6. The minimum atomic E-state index is -2.36. The first kappa shape index (κ1) is 75.0. The number of aliphatic hydroxyl groups is 20. The summed E-state index contributed by atoms with van der Waals surface area (Å²) in [5.41, 5.74) is 5.03. The minimum Gasteiger partial charge on any atom is -0.394 e. The van der Waals surface area contributed by atoms with Crippen molar-refractivity contribution in [2.75, 3.05) is 46.2 Å². The average Bonchev–Trinajstić information content (AvgIpc) is 0.781. The normalized spacial score (nSPS) is 46.5. The molecule has 93 heavy (non-hydrogen) atoms. The quantitative estimate of drug-likeness (QED) is 0.0427. The van der Waals surface area contributed by atoms with Gasteiger partial charge in [0.2, 0.25) is 11.8 Å². The Morgan fingerprint density at radius 2 is 0.731 bits per heavy atom. The molecule has 7 aliphatic heterocycles. The van der Waals surface area contributed by atoms with E-state index in [0.29, 0.717) is 0 Å². The highest BCUT2D eigenvalue weighted by atomic mass is 16.8. The molecule has 7 fully saturated rings. The van der Waals surface area contributed by atoms with Crippen LogP contribution in [0.5, 0.6) is 0 Å². The van der Waals surface area contributed by atoms with Crippen LogP contribution >= 0.6 is 0 Å². The second kappa shape index (κ2) is 33.2. The first-order chi connectivity index (χ1) is 44.2. The van der Waals surface area contributed by atoms with E-state index in [1.807, 2.05) is 0 Å². The van der Waals surface area contributed by atoms with Crippen LogP contribution in [0.25, 0.3) is 0 Å². The van der Waals surface area contributed by atoms with Gasteiger partial charge in [0, 0.05) is 31.8 Å². The van der Waals surface area contributed by atoms with Gasteiger partial charge in [-0.1, -0.05) is 0 Å². The summed E-state index contributed by atoms with van der Waals surface area (Å²) in [6, 6.07) is -0.594. The molecule has 8 heterocycles. The third-order valence-corrected chi connectivity index (χ3v) is 16.6. The number of amides is 3. The highest BCUT2D eigenvalue weighted by molar-refractivity contribution is 5.93. The molecule has 0 saturated carbocycles. The SMILES string of the molecule is CC(=O)N[C@@H]1[C@@H](O)[C@H](O[C@@H]2O[C@H](CO)[C@@H](O[C@@H]3O[C@H](CO[C@H]4O[C@H](CO[C@H]5O[C@H](CO)[C@@H](O)[C@H](O)[C@@H]5O)[C@@H](O)[C@H](O[C@H]5O[C@H](CO)[C@@H](O)[C@H](O)[C@@H]5O)[C@@H]4O)[C@@H](O)[C@H](O[C@H]4O[C@H](CO)[C@@H](O)[C@H](O)[C@@H]4O)[C@@H]3O)[C@H](O)[C@H]2NC(C)=O)[C@@H](CO)O[C@H]1NNC(=O)c1ccncc1. The number of rotatable bonds is 24. The summed E-state index contributed by atoms with van der Waals surface area (Å²) < 4.78 is 75.5. The summed E-state index contributed by atoms with van der Waals surface area (Å²) in [7, 11) is 0. The lowest BCUT2D eigenvalue weighted by Gasteiger charge is -2.50.